The molecule has 2 aromatic rings. The van der Waals surface area contributed by atoms with Crippen molar-refractivity contribution in [3.63, 3.8) is 0 Å². The molecule has 0 atom stereocenters. The fourth-order valence-electron chi connectivity index (χ4n) is 2.05. The lowest BCUT2D eigenvalue weighted by molar-refractivity contribution is 0.295. The summed E-state index contributed by atoms with van der Waals surface area (Å²) in [4.78, 5) is 6.88. The molecule has 0 fully saturated rings. The quantitative estimate of drug-likeness (QED) is 0.680. The third-order valence-electron chi connectivity index (χ3n) is 3.10. The monoisotopic (exact) mass is 320 g/mol. The van der Waals surface area contributed by atoms with Crippen molar-refractivity contribution in [1.29, 1.82) is 0 Å². The van der Waals surface area contributed by atoms with Gasteiger partial charge < -0.3 is 4.74 Å². The number of benzene rings is 1. The molecule has 0 amide bonds. The van der Waals surface area contributed by atoms with Gasteiger partial charge in [-0.15, -0.1) is 11.3 Å². The fourth-order valence-corrected chi connectivity index (χ4v) is 2.75. The zero-order valence-corrected chi connectivity index (χ0v) is 13.8. The van der Waals surface area contributed by atoms with Crippen molar-refractivity contribution in [3.8, 4) is 5.75 Å². The van der Waals surface area contributed by atoms with Crippen LogP contribution in [0, 0.1) is 5.82 Å². The van der Waals surface area contributed by atoms with Gasteiger partial charge >= 0.3 is 0 Å². The molecule has 0 aliphatic rings. The summed E-state index contributed by atoms with van der Waals surface area (Å²) in [7, 11) is 0. The Balaban J connectivity index is 1.88. The van der Waals surface area contributed by atoms with Crippen molar-refractivity contribution in [3.05, 3.63) is 58.3 Å². The van der Waals surface area contributed by atoms with Crippen LogP contribution in [0.15, 0.2) is 41.8 Å². The lowest BCUT2D eigenvalue weighted by atomic mass is 10.3. The number of hydrogen-bond acceptors (Lipinski definition) is 4. The molecular formula is C17H21FN2OS. The molecule has 0 aliphatic heterocycles. The second-order valence-electron chi connectivity index (χ2n) is 5.24. The van der Waals surface area contributed by atoms with Gasteiger partial charge in [0.2, 0.25) is 0 Å². The average molecular weight is 320 g/mol. The van der Waals surface area contributed by atoms with E-state index in [2.05, 4.69) is 28.8 Å². The Kier molecular flexibility index (Phi) is 6.10. The minimum atomic E-state index is -0.263. The predicted molar refractivity (Wildman–Crippen MR) is 88.6 cm³/mol. The zero-order valence-electron chi connectivity index (χ0n) is 13.0. The Hall–Kier alpha value is -1.72. The van der Waals surface area contributed by atoms with E-state index in [0.717, 1.165) is 35.9 Å². The molecule has 22 heavy (non-hydrogen) atoms. The Morgan fingerprint density at radius 2 is 2.09 bits per heavy atom. The molecule has 1 aromatic carbocycles. The molecule has 1 aromatic heterocycles. The summed E-state index contributed by atoms with van der Waals surface area (Å²) < 4.78 is 18.4. The van der Waals surface area contributed by atoms with Crippen LogP contribution in [0.5, 0.6) is 5.75 Å². The van der Waals surface area contributed by atoms with Crippen molar-refractivity contribution in [2.45, 2.75) is 27.0 Å². The highest BCUT2D eigenvalue weighted by molar-refractivity contribution is 7.09. The van der Waals surface area contributed by atoms with Crippen molar-refractivity contribution in [2.24, 2.45) is 0 Å². The van der Waals surface area contributed by atoms with E-state index in [1.807, 2.05) is 6.92 Å². The van der Waals surface area contributed by atoms with Crippen LogP contribution in [-0.4, -0.2) is 23.0 Å². The summed E-state index contributed by atoms with van der Waals surface area (Å²) in [5.74, 6) is 0.386. The third kappa shape index (κ3) is 5.24. The van der Waals surface area contributed by atoms with Gasteiger partial charge in [0.1, 0.15) is 23.2 Å². The van der Waals surface area contributed by atoms with Crippen LogP contribution in [0.2, 0.25) is 0 Å². The molecule has 0 aliphatic carbocycles. The number of hydrogen-bond donors (Lipinski definition) is 0. The van der Waals surface area contributed by atoms with Gasteiger partial charge in [0.25, 0.3) is 0 Å². The summed E-state index contributed by atoms with van der Waals surface area (Å²) in [6, 6.07) is 6.02. The molecular weight excluding hydrogens is 299 g/mol. The highest BCUT2D eigenvalue weighted by Gasteiger charge is 2.08. The number of ether oxygens (including phenoxy) is 1. The summed E-state index contributed by atoms with van der Waals surface area (Å²) in [5, 5.41) is 2.98. The molecule has 118 valence electrons. The summed E-state index contributed by atoms with van der Waals surface area (Å²) in [5.41, 5.74) is 2.20. The van der Waals surface area contributed by atoms with E-state index in [1.165, 1.54) is 12.1 Å². The van der Waals surface area contributed by atoms with Crippen molar-refractivity contribution < 1.29 is 9.13 Å². The van der Waals surface area contributed by atoms with Gasteiger partial charge in [-0.05, 0) is 37.7 Å². The van der Waals surface area contributed by atoms with Gasteiger partial charge in [0.05, 0.1) is 5.69 Å². The van der Waals surface area contributed by atoms with E-state index in [0.29, 0.717) is 12.4 Å². The molecule has 0 spiro atoms. The summed E-state index contributed by atoms with van der Waals surface area (Å²) >= 11 is 1.58. The summed E-state index contributed by atoms with van der Waals surface area (Å²) in [6.45, 7) is 11.2. The normalized spacial score (nSPS) is 10.9. The van der Waals surface area contributed by atoms with Gasteiger partial charge in [-0.2, -0.15) is 0 Å². The van der Waals surface area contributed by atoms with Crippen molar-refractivity contribution >= 4 is 11.3 Å². The number of thiazole rings is 1. The molecule has 1 heterocycles. The second kappa shape index (κ2) is 8.06. The molecule has 2 rings (SSSR count). The molecule has 0 saturated carbocycles. The Labute approximate surface area is 135 Å². The zero-order chi connectivity index (χ0) is 15.9. The van der Waals surface area contributed by atoms with Crippen molar-refractivity contribution in [2.75, 3.05) is 13.1 Å². The predicted octanol–water partition coefficient (Wildman–Crippen LogP) is 4.26. The summed E-state index contributed by atoms with van der Waals surface area (Å²) in [6.07, 6.45) is 0. The van der Waals surface area contributed by atoms with Crippen LogP contribution < -0.4 is 4.74 Å². The van der Waals surface area contributed by atoms with E-state index in [1.54, 1.807) is 23.5 Å². The molecule has 5 heteroatoms. The lowest BCUT2D eigenvalue weighted by Gasteiger charge is -2.18. The SMILES string of the molecule is C=C(C)CN(CC)Cc1csc(COc2ccc(F)cc2)n1. The highest BCUT2D eigenvalue weighted by Crippen LogP contribution is 2.17. The van der Waals surface area contributed by atoms with Crippen LogP contribution in [0.4, 0.5) is 4.39 Å². The van der Waals surface area contributed by atoms with E-state index in [9.17, 15) is 4.39 Å². The first-order valence-electron chi connectivity index (χ1n) is 7.25. The van der Waals surface area contributed by atoms with Gasteiger partial charge in [-0.1, -0.05) is 19.1 Å². The molecule has 3 nitrogen and oxygen atoms in total. The molecule has 0 N–H and O–H groups in total. The maximum atomic E-state index is 12.8. The first-order chi connectivity index (χ1) is 10.6. The molecule has 0 bridgehead atoms. The van der Waals surface area contributed by atoms with Gasteiger partial charge in [0, 0.05) is 18.5 Å². The topological polar surface area (TPSA) is 25.4 Å². The first-order valence-corrected chi connectivity index (χ1v) is 8.13. The third-order valence-corrected chi connectivity index (χ3v) is 3.97. The lowest BCUT2D eigenvalue weighted by Crippen LogP contribution is -2.24. The molecule has 0 saturated heterocycles. The second-order valence-corrected chi connectivity index (χ2v) is 6.18. The van der Waals surface area contributed by atoms with Crippen LogP contribution >= 0.6 is 11.3 Å². The van der Waals surface area contributed by atoms with E-state index in [4.69, 9.17) is 4.74 Å². The highest BCUT2D eigenvalue weighted by atomic mass is 32.1. The largest absolute Gasteiger partial charge is 0.486 e. The minimum absolute atomic E-state index is 0.263. The Morgan fingerprint density at radius 3 is 2.73 bits per heavy atom. The van der Waals surface area contributed by atoms with Gasteiger partial charge in [-0.25, -0.2) is 9.37 Å². The van der Waals surface area contributed by atoms with Crippen LogP contribution in [0.25, 0.3) is 0 Å². The number of aromatic nitrogens is 1. The number of rotatable bonds is 8. The van der Waals surface area contributed by atoms with Gasteiger partial charge in [-0.3, -0.25) is 4.90 Å². The van der Waals surface area contributed by atoms with E-state index < -0.39 is 0 Å². The first kappa shape index (κ1) is 16.6. The Bertz CT molecular complexity index is 609. The smallest absolute Gasteiger partial charge is 0.140 e. The van der Waals surface area contributed by atoms with E-state index >= 15 is 0 Å². The standard InChI is InChI=1S/C17H21FN2OS/c1-4-20(9-13(2)3)10-15-12-22-17(19-15)11-21-16-7-5-14(18)6-8-16/h5-8,12H,2,4,9-11H2,1,3H3. The maximum Gasteiger partial charge on any atom is 0.140 e. The van der Waals surface area contributed by atoms with Crippen molar-refractivity contribution in [1.82, 2.24) is 9.88 Å². The molecule has 0 radical (unpaired) electrons. The number of halogens is 1. The average Bonchev–Trinajstić information content (AvgIpc) is 2.93. The Morgan fingerprint density at radius 1 is 1.36 bits per heavy atom. The maximum absolute atomic E-state index is 12.8. The minimum Gasteiger partial charge on any atom is -0.486 e. The number of likely N-dealkylation sites (N-methyl/N-ethyl adjacent to an activating group) is 1. The fraction of sp³-hybridized carbons (Fsp3) is 0.353. The van der Waals surface area contributed by atoms with Gasteiger partial charge in [0.15, 0.2) is 0 Å². The van der Waals surface area contributed by atoms with Crippen LogP contribution in [0.3, 0.4) is 0 Å². The van der Waals surface area contributed by atoms with Crippen LogP contribution in [0.1, 0.15) is 24.5 Å². The van der Waals surface area contributed by atoms with Crippen LogP contribution in [-0.2, 0) is 13.2 Å². The number of nitrogens with zero attached hydrogens (tertiary/aromatic N) is 2. The molecule has 0 unspecified atom stereocenters. The van der Waals surface area contributed by atoms with E-state index in [-0.39, 0.29) is 5.82 Å².